The van der Waals surface area contributed by atoms with Crippen LogP contribution in [0.15, 0.2) is 12.1 Å². The fraction of sp³-hybridized carbons (Fsp3) is 0.778. The third-order valence-corrected chi connectivity index (χ3v) is 10.6. The van der Waals surface area contributed by atoms with Crippen LogP contribution in [0.2, 0.25) is 0 Å². The molecule has 2 aliphatic heterocycles. The number of carbonyl (C=O) groups excluding carboxylic acids is 2. The Bertz CT molecular complexity index is 1160. The van der Waals surface area contributed by atoms with Gasteiger partial charge >= 0.3 is 12.1 Å². The molecule has 2 aliphatic carbocycles. The molecule has 246 valence electrons. The molecular formula is C36H56N2O6. The highest BCUT2D eigenvalue weighted by molar-refractivity contribution is 5.83. The van der Waals surface area contributed by atoms with E-state index >= 15 is 0 Å². The summed E-state index contributed by atoms with van der Waals surface area (Å²) in [5, 5.41) is 13.9. The number of aliphatic hydroxyl groups excluding tert-OH is 1. The molecule has 8 heteroatoms. The highest BCUT2D eigenvalue weighted by Gasteiger charge is 2.65. The molecule has 0 radical (unpaired) electrons. The van der Waals surface area contributed by atoms with Crippen molar-refractivity contribution < 1.29 is 28.9 Å². The molecule has 6 atom stereocenters. The zero-order chi connectivity index (χ0) is 31.5. The second-order valence-electron chi connectivity index (χ2n) is 14.8. The first kappa shape index (κ1) is 33.1. The van der Waals surface area contributed by atoms with Gasteiger partial charge in [0.05, 0.1) is 6.10 Å². The van der Waals surface area contributed by atoms with Gasteiger partial charge in [-0.3, -0.25) is 0 Å². The van der Waals surface area contributed by atoms with Crippen molar-refractivity contribution in [3.05, 3.63) is 23.3 Å². The van der Waals surface area contributed by atoms with Crippen LogP contribution < -0.4 is 14.8 Å². The summed E-state index contributed by atoms with van der Waals surface area (Å²) >= 11 is 0. The van der Waals surface area contributed by atoms with E-state index in [1.165, 1.54) is 50.5 Å². The Morgan fingerprint density at radius 1 is 1.07 bits per heavy atom. The molecule has 0 aromatic heterocycles. The lowest BCUT2D eigenvalue weighted by atomic mass is 9.51. The molecular weight excluding hydrogens is 556 g/mol. The summed E-state index contributed by atoms with van der Waals surface area (Å²) in [5.74, 6) is 0.907. The zero-order valence-electron chi connectivity index (χ0n) is 27.8. The Kier molecular flexibility index (Phi) is 10.5. The third-order valence-electron chi connectivity index (χ3n) is 10.6. The number of nitrogens with zero attached hydrogens (tertiary/aromatic N) is 1. The van der Waals surface area contributed by atoms with Crippen molar-refractivity contribution in [2.75, 3.05) is 13.6 Å². The van der Waals surface area contributed by atoms with Crippen molar-refractivity contribution in [3.63, 3.8) is 0 Å². The van der Waals surface area contributed by atoms with Gasteiger partial charge in [-0.15, -0.1) is 0 Å². The van der Waals surface area contributed by atoms with E-state index in [4.69, 9.17) is 14.2 Å². The largest absolute Gasteiger partial charge is 0.483 e. The quantitative estimate of drug-likeness (QED) is 0.135. The van der Waals surface area contributed by atoms with Gasteiger partial charge in [-0.25, -0.2) is 9.59 Å². The molecule has 2 N–H and O–H groups in total. The number of esters is 1. The monoisotopic (exact) mass is 612 g/mol. The summed E-state index contributed by atoms with van der Waals surface area (Å²) in [4.78, 5) is 28.9. The van der Waals surface area contributed by atoms with Crippen LogP contribution in [0.4, 0.5) is 4.79 Å². The normalized spacial score (nSPS) is 27.7. The van der Waals surface area contributed by atoms with E-state index in [1.807, 2.05) is 26.8 Å². The SMILES string of the molecule is CCCCCCCCCCCCC(NC(=O)OC(C)(C)C)C(=O)Oc1ccc2c3c1O[C@H]1[C@@H](O)CC[C@H]4[C@@H](C2)N(C)CC[C@@]341. The minimum atomic E-state index is -0.824. The predicted molar refractivity (Wildman–Crippen MR) is 171 cm³/mol. The number of nitrogens with one attached hydrogen (secondary N) is 1. The second-order valence-corrected chi connectivity index (χ2v) is 14.8. The summed E-state index contributed by atoms with van der Waals surface area (Å²) in [6, 6.07) is 3.53. The molecule has 1 amide bonds. The number of rotatable bonds is 14. The molecule has 1 saturated carbocycles. The number of benzene rings is 1. The highest BCUT2D eigenvalue weighted by Crippen LogP contribution is 2.63. The fourth-order valence-corrected chi connectivity index (χ4v) is 8.49. The molecule has 2 bridgehead atoms. The Morgan fingerprint density at radius 3 is 2.43 bits per heavy atom. The van der Waals surface area contributed by atoms with Crippen molar-refractivity contribution in [1.82, 2.24) is 10.2 Å². The maximum atomic E-state index is 13.7. The van der Waals surface area contributed by atoms with Crippen molar-refractivity contribution in [3.8, 4) is 11.5 Å². The maximum Gasteiger partial charge on any atom is 0.408 e. The van der Waals surface area contributed by atoms with Crippen LogP contribution in [-0.4, -0.2) is 65.6 Å². The molecule has 5 rings (SSSR count). The molecule has 1 spiro atoms. The number of likely N-dealkylation sites (tertiary alicyclic amines) is 1. The van der Waals surface area contributed by atoms with E-state index in [0.717, 1.165) is 57.1 Å². The second kappa shape index (κ2) is 14.0. The number of alkyl carbamates (subject to hydrolysis) is 1. The van der Waals surface area contributed by atoms with Gasteiger partial charge < -0.3 is 29.5 Å². The van der Waals surface area contributed by atoms with Gasteiger partial charge in [0.15, 0.2) is 11.5 Å². The number of carbonyl (C=O) groups is 2. The predicted octanol–water partition coefficient (Wildman–Crippen LogP) is 6.83. The van der Waals surface area contributed by atoms with Crippen LogP contribution in [0.5, 0.6) is 11.5 Å². The van der Waals surface area contributed by atoms with E-state index in [1.54, 1.807) is 0 Å². The van der Waals surface area contributed by atoms with Crippen LogP contribution >= 0.6 is 0 Å². The smallest absolute Gasteiger partial charge is 0.408 e. The summed E-state index contributed by atoms with van der Waals surface area (Å²) in [7, 11) is 2.21. The average molecular weight is 613 g/mol. The van der Waals surface area contributed by atoms with Crippen LogP contribution in [0.1, 0.15) is 129 Å². The molecule has 2 heterocycles. The number of aliphatic hydroxyl groups is 1. The number of amides is 1. The maximum absolute atomic E-state index is 13.7. The van der Waals surface area contributed by atoms with Gasteiger partial charge in [0.1, 0.15) is 17.7 Å². The Hall–Kier alpha value is -2.32. The van der Waals surface area contributed by atoms with Crippen molar-refractivity contribution in [2.24, 2.45) is 5.92 Å². The minimum absolute atomic E-state index is 0.246. The van der Waals surface area contributed by atoms with Crippen molar-refractivity contribution >= 4 is 12.1 Å². The van der Waals surface area contributed by atoms with Crippen LogP contribution in [0.25, 0.3) is 0 Å². The van der Waals surface area contributed by atoms with Crippen molar-refractivity contribution in [1.29, 1.82) is 0 Å². The van der Waals surface area contributed by atoms with E-state index in [-0.39, 0.29) is 11.5 Å². The number of unbranched alkanes of at least 4 members (excludes halogenated alkanes) is 9. The number of likely N-dealkylation sites (N-methyl/N-ethyl adjacent to an activating group) is 1. The fourth-order valence-electron chi connectivity index (χ4n) is 8.49. The Balaban J connectivity index is 1.27. The lowest BCUT2D eigenvalue weighted by molar-refractivity contribution is -0.137. The van der Waals surface area contributed by atoms with Gasteiger partial charge in [0.2, 0.25) is 0 Å². The highest BCUT2D eigenvalue weighted by atomic mass is 16.6. The average Bonchev–Trinajstić information content (AvgIpc) is 3.32. The zero-order valence-corrected chi connectivity index (χ0v) is 27.8. The van der Waals surface area contributed by atoms with E-state index < -0.39 is 29.8 Å². The van der Waals surface area contributed by atoms with Crippen LogP contribution in [0.3, 0.4) is 0 Å². The molecule has 44 heavy (non-hydrogen) atoms. The van der Waals surface area contributed by atoms with E-state index in [0.29, 0.717) is 29.9 Å². The Morgan fingerprint density at radius 2 is 1.75 bits per heavy atom. The summed E-state index contributed by atoms with van der Waals surface area (Å²) in [6.07, 6.45) is 14.5. The third kappa shape index (κ3) is 6.91. The summed E-state index contributed by atoms with van der Waals surface area (Å²) in [5.41, 5.74) is 1.46. The van der Waals surface area contributed by atoms with Gasteiger partial charge in [-0.1, -0.05) is 77.2 Å². The molecule has 1 unspecified atom stereocenters. The Labute approximate surface area is 264 Å². The topological polar surface area (TPSA) is 97.3 Å². The van der Waals surface area contributed by atoms with Gasteiger partial charge in [-0.05, 0) is 84.0 Å². The molecule has 8 nitrogen and oxygen atoms in total. The number of hydrogen-bond donors (Lipinski definition) is 2. The van der Waals surface area contributed by atoms with Gasteiger partial charge in [0, 0.05) is 17.0 Å². The first-order valence-corrected chi connectivity index (χ1v) is 17.5. The number of ether oxygens (including phenoxy) is 3. The lowest BCUT2D eigenvalue weighted by Gasteiger charge is -2.58. The summed E-state index contributed by atoms with van der Waals surface area (Å²) in [6.45, 7) is 8.62. The summed E-state index contributed by atoms with van der Waals surface area (Å²) < 4.78 is 18.2. The van der Waals surface area contributed by atoms with E-state index in [2.05, 4.69) is 30.3 Å². The molecule has 2 fully saturated rings. The molecule has 1 aromatic rings. The van der Waals surface area contributed by atoms with Gasteiger partial charge in [0.25, 0.3) is 0 Å². The standard InChI is InChI=1S/C36H56N2O6/c1-6-7-8-9-10-11-12-13-14-15-16-26(37-34(41)44-35(2,3)4)33(40)42-29-20-17-24-23-27-25-18-19-28(39)32-36(25,21-22-38(27)5)30(24)31(29)43-32/h17,20,25-28,32,39H,6-16,18-19,21-23H2,1-5H3,(H,37,41)/t25-,26?,27+,28-,32-,36-/m0/s1. The number of piperidine rings is 1. The first-order chi connectivity index (χ1) is 21.0. The first-order valence-electron chi connectivity index (χ1n) is 17.5. The minimum Gasteiger partial charge on any atom is -0.483 e. The number of hydrogen-bond acceptors (Lipinski definition) is 7. The lowest BCUT2D eigenvalue weighted by Crippen LogP contribution is -2.66. The van der Waals surface area contributed by atoms with Crippen LogP contribution in [-0.2, 0) is 21.4 Å². The van der Waals surface area contributed by atoms with E-state index in [9.17, 15) is 14.7 Å². The molecule has 4 aliphatic rings. The molecule has 1 saturated heterocycles. The molecule has 1 aromatic carbocycles. The van der Waals surface area contributed by atoms with Crippen LogP contribution in [0, 0.1) is 5.92 Å². The van der Waals surface area contributed by atoms with Gasteiger partial charge in [-0.2, -0.15) is 0 Å². The van der Waals surface area contributed by atoms with Crippen molar-refractivity contribution in [2.45, 2.75) is 159 Å².